The molecular weight excluding hydrogens is 336 g/mol. The van der Waals surface area contributed by atoms with Crippen LogP contribution in [-0.4, -0.2) is 6.03 Å². The van der Waals surface area contributed by atoms with Gasteiger partial charge in [-0.3, -0.25) is 0 Å². The number of thiophene rings is 1. The molecule has 2 rings (SSSR count). The van der Waals surface area contributed by atoms with Crippen LogP contribution in [0.4, 0.5) is 10.5 Å². The van der Waals surface area contributed by atoms with Crippen LogP contribution in [0.25, 0.3) is 0 Å². The molecule has 0 aliphatic carbocycles. The van der Waals surface area contributed by atoms with Crippen LogP contribution in [0.2, 0.25) is 0 Å². The van der Waals surface area contributed by atoms with Gasteiger partial charge in [-0.25, -0.2) is 4.79 Å². The van der Waals surface area contributed by atoms with Crippen LogP contribution >= 0.6 is 27.3 Å². The molecule has 5 heteroatoms. The summed E-state index contributed by atoms with van der Waals surface area (Å²) >= 11 is 5.16. The first-order valence-corrected chi connectivity index (χ1v) is 7.97. The highest BCUT2D eigenvalue weighted by atomic mass is 79.9. The van der Waals surface area contributed by atoms with E-state index in [1.54, 1.807) is 11.3 Å². The number of nitrogens with one attached hydrogen (secondary N) is 2. The van der Waals surface area contributed by atoms with Crippen LogP contribution in [0.15, 0.2) is 34.8 Å². The molecule has 1 aromatic carbocycles. The average molecular weight is 353 g/mol. The van der Waals surface area contributed by atoms with Crippen LogP contribution in [0, 0.1) is 13.8 Å². The molecule has 0 bridgehead atoms. The van der Waals surface area contributed by atoms with Crippen LogP contribution in [-0.2, 0) is 0 Å². The largest absolute Gasteiger partial charge is 0.331 e. The van der Waals surface area contributed by atoms with Crippen molar-refractivity contribution < 1.29 is 4.79 Å². The van der Waals surface area contributed by atoms with E-state index >= 15 is 0 Å². The maximum atomic E-state index is 12.0. The third-order valence-corrected chi connectivity index (χ3v) is 5.09. The Morgan fingerprint density at radius 3 is 2.65 bits per heavy atom. The summed E-state index contributed by atoms with van der Waals surface area (Å²) in [6, 6.07) is 9.67. The molecule has 20 heavy (non-hydrogen) atoms. The summed E-state index contributed by atoms with van der Waals surface area (Å²) in [5.74, 6) is 0. The first kappa shape index (κ1) is 15.1. The zero-order chi connectivity index (χ0) is 14.7. The van der Waals surface area contributed by atoms with Gasteiger partial charge in [-0.1, -0.05) is 22.0 Å². The number of halogens is 1. The third kappa shape index (κ3) is 3.61. The van der Waals surface area contributed by atoms with Gasteiger partial charge in [-0.15, -0.1) is 11.3 Å². The van der Waals surface area contributed by atoms with Gasteiger partial charge in [0.1, 0.15) is 0 Å². The fraction of sp³-hybridized carbons (Fsp3) is 0.267. The maximum Gasteiger partial charge on any atom is 0.319 e. The number of carbonyl (C=O) groups excluding carboxylic acids is 1. The summed E-state index contributed by atoms with van der Waals surface area (Å²) in [5.41, 5.74) is 1.83. The molecule has 2 N–H and O–H groups in total. The Balaban J connectivity index is 2.00. The zero-order valence-electron chi connectivity index (χ0n) is 11.7. The summed E-state index contributed by atoms with van der Waals surface area (Å²) in [5, 5.41) is 5.83. The van der Waals surface area contributed by atoms with Gasteiger partial charge in [-0.2, -0.15) is 0 Å². The Morgan fingerprint density at radius 1 is 1.25 bits per heavy atom. The number of amides is 2. The van der Waals surface area contributed by atoms with Gasteiger partial charge >= 0.3 is 6.03 Å². The highest BCUT2D eigenvalue weighted by Crippen LogP contribution is 2.24. The molecule has 2 amide bonds. The lowest BCUT2D eigenvalue weighted by molar-refractivity contribution is 0.249. The minimum atomic E-state index is -0.190. The van der Waals surface area contributed by atoms with Crippen molar-refractivity contribution in [1.29, 1.82) is 0 Å². The molecule has 0 aliphatic rings. The van der Waals surface area contributed by atoms with Crippen LogP contribution in [0.1, 0.15) is 28.3 Å². The van der Waals surface area contributed by atoms with Crippen molar-refractivity contribution in [2.75, 3.05) is 5.32 Å². The number of aryl methyl sites for hydroxylation is 1. The lowest BCUT2D eigenvalue weighted by Gasteiger charge is -2.14. The maximum absolute atomic E-state index is 12.0. The van der Waals surface area contributed by atoms with Crippen molar-refractivity contribution in [1.82, 2.24) is 5.32 Å². The summed E-state index contributed by atoms with van der Waals surface area (Å²) in [7, 11) is 0. The minimum absolute atomic E-state index is 0.00107. The molecular formula is C15H17BrN2OS. The van der Waals surface area contributed by atoms with Gasteiger partial charge in [0.2, 0.25) is 0 Å². The van der Waals surface area contributed by atoms with E-state index in [0.29, 0.717) is 0 Å². The van der Waals surface area contributed by atoms with Gasteiger partial charge < -0.3 is 10.6 Å². The molecule has 106 valence electrons. The predicted molar refractivity (Wildman–Crippen MR) is 88.5 cm³/mol. The summed E-state index contributed by atoms with van der Waals surface area (Å²) < 4.78 is 0.984. The molecule has 1 unspecified atom stereocenters. The van der Waals surface area contributed by atoms with E-state index in [2.05, 4.69) is 45.6 Å². The fourth-order valence-electron chi connectivity index (χ4n) is 1.86. The van der Waals surface area contributed by atoms with E-state index in [0.717, 1.165) is 20.6 Å². The number of hydrogen-bond acceptors (Lipinski definition) is 2. The van der Waals surface area contributed by atoms with E-state index < -0.39 is 0 Å². The Labute approximate surface area is 131 Å². The summed E-state index contributed by atoms with van der Waals surface area (Å²) in [6.45, 7) is 6.01. The number of anilines is 1. The van der Waals surface area contributed by atoms with Gasteiger partial charge in [0.15, 0.2) is 0 Å². The lowest BCUT2D eigenvalue weighted by Crippen LogP contribution is -2.31. The monoisotopic (exact) mass is 352 g/mol. The van der Waals surface area contributed by atoms with Gasteiger partial charge in [0.25, 0.3) is 0 Å². The van der Waals surface area contributed by atoms with E-state index in [-0.39, 0.29) is 12.1 Å². The molecule has 1 aromatic heterocycles. The number of urea groups is 1. The minimum Gasteiger partial charge on any atom is -0.331 e. The van der Waals surface area contributed by atoms with E-state index in [4.69, 9.17) is 0 Å². The fourth-order valence-corrected chi connectivity index (χ4v) is 3.10. The average Bonchev–Trinajstić information content (AvgIpc) is 2.82. The first-order chi connectivity index (χ1) is 9.47. The molecule has 0 aliphatic heterocycles. The van der Waals surface area contributed by atoms with Crippen LogP contribution in [0.3, 0.4) is 0 Å². The highest BCUT2D eigenvalue weighted by Gasteiger charge is 2.12. The van der Waals surface area contributed by atoms with Crippen LogP contribution < -0.4 is 10.6 Å². The second-order valence-electron chi connectivity index (χ2n) is 4.68. The number of benzene rings is 1. The van der Waals surface area contributed by atoms with E-state index in [1.165, 1.54) is 4.88 Å². The van der Waals surface area contributed by atoms with Crippen molar-refractivity contribution in [3.63, 3.8) is 0 Å². The molecule has 0 saturated heterocycles. The zero-order valence-corrected chi connectivity index (χ0v) is 14.1. The Morgan fingerprint density at radius 2 is 2.00 bits per heavy atom. The second-order valence-corrected chi connectivity index (χ2v) is 6.85. The molecule has 1 heterocycles. The van der Waals surface area contributed by atoms with Crippen molar-refractivity contribution in [3.05, 3.63) is 50.1 Å². The molecule has 1 atom stereocenters. The van der Waals surface area contributed by atoms with Crippen molar-refractivity contribution in [3.8, 4) is 0 Å². The Hall–Kier alpha value is -1.33. The molecule has 2 aromatic rings. The van der Waals surface area contributed by atoms with E-state index in [9.17, 15) is 4.79 Å². The highest BCUT2D eigenvalue weighted by molar-refractivity contribution is 9.10. The summed E-state index contributed by atoms with van der Waals surface area (Å²) in [6.07, 6.45) is 0. The first-order valence-electron chi connectivity index (χ1n) is 6.36. The molecule has 0 saturated carbocycles. The second kappa shape index (κ2) is 6.41. The standard InChI is InChI=1S/C15H17BrN2OS/c1-9-7-8-14(20-9)11(3)17-15(19)18-13-6-4-5-12(16)10(13)2/h4-8,11H,1-3H3,(H2,17,18,19). The number of rotatable bonds is 3. The van der Waals surface area contributed by atoms with Gasteiger partial charge in [-0.05, 0) is 50.6 Å². The predicted octanol–water partition coefficient (Wildman–Crippen LogP) is 5.01. The molecule has 0 fully saturated rings. The van der Waals surface area contributed by atoms with Crippen LogP contribution in [0.5, 0.6) is 0 Å². The molecule has 0 spiro atoms. The topological polar surface area (TPSA) is 41.1 Å². The quantitative estimate of drug-likeness (QED) is 0.800. The summed E-state index contributed by atoms with van der Waals surface area (Å²) in [4.78, 5) is 14.4. The Bertz CT molecular complexity index is 624. The van der Waals surface area contributed by atoms with E-state index in [1.807, 2.05) is 32.0 Å². The lowest BCUT2D eigenvalue weighted by atomic mass is 10.2. The molecule has 0 radical (unpaired) electrons. The van der Waals surface area contributed by atoms with Gasteiger partial charge in [0, 0.05) is 19.9 Å². The normalized spacial score (nSPS) is 12.0. The van der Waals surface area contributed by atoms with Gasteiger partial charge in [0.05, 0.1) is 6.04 Å². The number of hydrogen-bond donors (Lipinski definition) is 2. The molecule has 3 nitrogen and oxygen atoms in total. The number of carbonyl (C=O) groups is 1. The van der Waals surface area contributed by atoms with Crippen molar-refractivity contribution >= 4 is 39.0 Å². The smallest absolute Gasteiger partial charge is 0.319 e. The van der Waals surface area contributed by atoms with Crippen molar-refractivity contribution in [2.45, 2.75) is 26.8 Å². The third-order valence-electron chi connectivity index (χ3n) is 3.05. The van der Waals surface area contributed by atoms with Crippen molar-refractivity contribution in [2.24, 2.45) is 0 Å². The Kier molecular flexibility index (Phi) is 4.83. The SMILES string of the molecule is Cc1ccc(C(C)NC(=O)Nc2cccc(Br)c2C)s1.